The minimum absolute atomic E-state index is 0.0763. The molecule has 4 nitrogen and oxygen atoms in total. The molecule has 0 fully saturated rings. The van der Waals surface area contributed by atoms with Gasteiger partial charge in [-0.25, -0.2) is 4.98 Å². The van der Waals surface area contributed by atoms with E-state index in [0.29, 0.717) is 23.0 Å². The topological polar surface area (TPSA) is 49.0 Å². The summed E-state index contributed by atoms with van der Waals surface area (Å²) in [5, 5.41) is 0.556. The Morgan fingerprint density at radius 2 is 2.21 bits per heavy atom. The molecule has 0 saturated heterocycles. The van der Waals surface area contributed by atoms with Crippen molar-refractivity contribution < 1.29 is 4.79 Å². The zero-order valence-electron chi connectivity index (χ0n) is 10.4. The summed E-state index contributed by atoms with van der Waals surface area (Å²) >= 11 is 6.27. The fraction of sp³-hybridized carbons (Fsp3) is 0.143. The monoisotopic (exact) mass is 273 g/mol. The lowest BCUT2D eigenvalue weighted by Gasteiger charge is -2.14. The van der Waals surface area contributed by atoms with Crippen LogP contribution < -0.4 is 4.90 Å². The van der Waals surface area contributed by atoms with Crippen molar-refractivity contribution in [1.82, 2.24) is 9.97 Å². The number of likely N-dealkylation sites (N-methyl/N-ethyl adjacent to an activating group) is 1. The van der Waals surface area contributed by atoms with Crippen LogP contribution >= 0.6 is 11.6 Å². The third-order valence-corrected chi connectivity index (χ3v) is 3.59. The number of hydrogen-bond acceptors (Lipinski definition) is 2. The molecule has 2 heterocycles. The van der Waals surface area contributed by atoms with Crippen LogP contribution in [0, 0.1) is 0 Å². The van der Waals surface area contributed by atoms with Crippen LogP contribution in [-0.4, -0.2) is 22.4 Å². The molecule has 0 spiro atoms. The Bertz CT molecular complexity index is 676. The summed E-state index contributed by atoms with van der Waals surface area (Å²) in [5.41, 5.74) is 2.81. The van der Waals surface area contributed by atoms with E-state index in [2.05, 4.69) is 16.5 Å². The third kappa shape index (κ3) is 1.60. The van der Waals surface area contributed by atoms with Gasteiger partial charge in [0.1, 0.15) is 5.82 Å². The maximum atomic E-state index is 12.2. The van der Waals surface area contributed by atoms with E-state index in [1.165, 1.54) is 0 Å². The van der Waals surface area contributed by atoms with Crippen LogP contribution in [0.3, 0.4) is 0 Å². The Kier molecular flexibility index (Phi) is 2.68. The number of nitrogens with one attached hydrogen (secondary N) is 1. The van der Waals surface area contributed by atoms with E-state index >= 15 is 0 Å². The second-order valence-electron chi connectivity index (χ2n) is 4.28. The molecule has 5 heteroatoms. The summed E-state index contributed by atoms with van der Waals surface area (Å²) < 4.78 is 0. The minimum atomic E-state index is -0.0763. The molecule has 0 saturated carbocycles. The lowest BCUT2D eigenvalue weighted by molar-refractivity contribution is -0.112. The Hall–Kier alpha value is -2.07. The molecule has 0 bridgehead atoms. The predicted octanol–water partition coefficient (Wildman–Crippen LogP) is 3.11. The minimum Gasteiger partial charge on any atom is -0.345 e. The first-order valence-electron chi connectivity index (χ1n) is 5.98. The molecule has 0 atom stereocenters. The summed E-state index contributed by atoms with van der Waals surface area (Å²) in [5.74, 6) is 0.571. The van der Waals surface area contributed by atoms with Gasteiger partial charge in [-0.05, 0) is 19.1 Å². The highest BCUT2D eigenvalue weighted by atomic mass is 35.5. The Morgan fingerprint density at radius 3 is 2.84 bits per heavy atom. The molecule has 3 rings (SSSR count). The van der Waals surface area contributed by atoms with E-state index in [4.69, 9.17) is 11.6 Å². The number of aromatic nitrogens is 2. The Balaban J connectivity index is 2.32. The van der Waals surface area contributed by atoms with Crippen molar-refractivity contribution in [3.8, 4) is 11.4 Å². The number of rotatable bonds is 2. The van der Waals surface area contributed by atoms with Gasteiger partial charge in [0, 0.05) is 35.6 Å². The highest BCUT2D eigenvalue weighted by molar-refractivity contribution is 6.38. The van der Waals surface area contributed by atoms with Crippen LogP contribution in [0.5, 0.6) is 0 Å². The van der Waals surface area contributed by atoms with E-state index in [-0.39, 0.29) is 5.91 Å². The molecule has 0 unspecified atom stereocenters. The van der Waals surface area contributed by atoms with Crippen molar-refractivity contribution in [2.75, 3.05) is 11.4 Å². The second-order valence-corrected chi connectivity index (χ2v) is 4.69. The molecule has 1 aromatic carbocycles. The number of benzene rings is 1. The highest BCUT2D eigenvalue weighted by Gasteiger charge is 2.33. The van der Waals surface area contributed by atoms with Gasteiger partial charge in [-0.15, -0.1) is 0 Å². The second kappa shape index (κ2) is 4.24. The van der Waals surface area contributed by atoms with Crippen LogP contribution in [0.1, 0.15) is 12.5 Å². The molecule has 2 aromatic rings. The van der Waals surface area contributed by atoms with Crippen LogP contribution in [0.2, 0.25) is 5.02 Å². The summed E-state index contributed by atoms with van der Waals surface area (Å²) in [6.07, 6.45) is 3.38. The van der Waals surface area contributed by atoms with Gasteiger partial charge in [0.2, 0.25) is 0 Å². The van der Waals surface area contributed by atoms with E-state index in [0.717, 1.165) is 16.8 Å². The number of H-pyrrole nitrogens is 1. The first-order chi connectivity index (χ1) is 9.15. The van der Waals surface area contributed by atoms with Gasteiger partial charge in [-0.2, -0.15) is 0 Å². The predicted molar refractivity (Wildman–Crippen MR) is 76.1 cm³/mol. The summed E-state index contributed by atoms with van der Waals surface area (Å²) in [4.78, 5) is 21.1. The average molecular weight is 274 g/mol. The molecular weight excluding hydrogens is 262 g/mol. The van der Waals surface area contributed by atoms with Crippen molar-refractivity contribution in [3.05, 3.63) is 41.7 Å². The van der Waals surface area contributed by atoms with Gasteiger partial charge >= 0.3 is 0 Å². The Morgan fingerprint density at radius 1 is 1.42 bits per heavy atom. The number of carbonyl (C=O) groups excluding carboxylic acids is 1. The maximum absolute atomic E-state index is 12.2. The fourth-order valence-electron chi connectivity index (χ4n) is 2.42. The fourth-order valence-corrected chi connectivity index (χ4v) is 2.67. The molecule has 1 aliphatic heterocycles. The summed E-state index contributed by atoms with van der Waals surface area (Å²) in [6, 6.07) is 3.64. The number of amides is 1. The molecule has 1 N–H and O–H groups in total. The van der Waals surface area contributed by atoms with Crippen LogP contribution in [0.25, 0.3) is 17.0 Å². The molecule has 1 aliphatic rings. The van der Waals surface area contributed by atoms with E-state index in [1.54, 1.807) is 23.4 Å². The standard InChI is InChI=1S/C14H12ClN3O/c1-3-18-10-5-4-9(15)12(13-16-6-7-17-13)11(10)8(2)14(18)19/h4-7H,2-3H2,1H3,(H,16,17). The number of imidazole rings is 1. The number of fused-ring (bicyclic) bond motifs is 1. The number of hydrogen-bond donors (Lipinski definition) is 1. The van der Waals surface area contributed by atoms with Gasteiger partial charge in [-0.3, -0.25) is 4.79 Å². The number of anilines is 1. The first kappa shape index (κ1) is 12.0. The van der Waals surface area contributed by atoms with E-state index in [9.17, 15) is 4.79 Å². The summed E-state index contributed by atoms with van der Waals surface area (Å²) in [6.45, 7) is 6.43. The molecule has 1 amide bonds. The van der Waals surface area contributed by atoms with Gasteiger partial charge in [0.25, 0.3) is 5.91 Å². The van der Waals surface area contributed by atoms with Crippen LogP contribution in [-0.2, 0) is 4.79 Å². The number of halogens is 1. The van der Waals surface area contributed by atoms with Crippen molar-refractivity contribution in [2.24, 2.45) is 0 Å². The van der Waals surface area contributed by atoms with Gasteiger partial charge in [-0.1, -0.05) is 18.2 Å². The SMILES string of the molecule is C=C1C(=O)N(CC)c2ccc(Cl)c(-c3ncc[nH]3)c21. The molecule has 0 aliphatic carbocycles. The smallest absolute Gasteiger partial charge is 0.258 e. The van der Waals surface area contributed by atoms with E-state index < -0.39 is 0 Å². The largest absolute Gasteiger partial charge is 0.345 e. The molecule has 0 radical (unpaired) electrons. The first-order valence-corrected chi connectivity index (χ1v) is 6.36. The maximum Gasteiger partial charge on any atom is 0.258 e. The lowest BCUT2D eigenvalue weighted by atomic mass is 10.0. The molecule has 96 valence electrons. The van der Waals surface area contributed by atoms with Crippen LogP contribution in [0.15, 0.2) is 31.1 Å². The number of carbonyl (C=O) groups is 1. The van der Waals surface area contributed by atoms with Gasteiger partial charge in [0.05, 0.1) is 10.7 Å². The lowest BCUT2D eigenvalue weighted by Crippen LogP contribution is -2.25. The third-order valence-electron chi connectivity index (χ3n) is 3.28. The molecule has 19 heavy (non-hydrogen) atoms. The van der Waals surface area contributed by atoms with E-state index in [1.807, 2.05) is 13.0 Å². The quantitative estimate of drug-likeness (QED) is 0.855. The highest BCUT2D eigenvalue weighted by Crippen LogP contribution is 2.44. The average Bonchev–Trinajstić information content (AvgIpc) is 3.00. The Labute approximate surface area is 115 Å². The van der Waals surface area contributed by atoms with Crippen molar-refractivity contribution in [1.29, 1.82) is 0 Å². The van der Waals surface area contributed by atoms with Crippen LogP contribution in [0.4, 0.5) is 5.69 Å². The number of aromatic amines is 1. The normalized spacial score (nSPS) is 14.1. The van der Waals surface area contributed by atoms with Crippen molar-refractivity contribution in [2.45, 2.75) is 6.92 Å². The number of nitrogens with zero attached hydrogens (tertiary/aromatic N) is 2. The zero-order valence-corrected chi connectivity index (χ0v) is 11.2. The zero-order chi connectivity index (χ0) is 13.6. The van der Waals surface area contributed by atoms with Gasteiger partial charge < -0.3 is 9.88 Å². The molecule has 1 aromatic heterocycles. The molecular formula is C14H12ClN3O. The van der Waals surface area contributed by atoms with Crippen molar-refractivity contribution >= 4 is 28.8 Å². The van der Waals surface area contributed by atoms with Crippen molar-refractivity contribution in [3.63, 3.8) is 0 Å². The summed E-state index contributed by atoms with van der Waals surface area (Å²) in [7, 11) is 0. The van der Waals surface area contributed by atoms with Gasteiger partial charge in [0.15, 0.2) is 0 Å².